The van der Waals surface area contributed by atoms with E-state index in [1.54, 1.807) is 0 Å². The molecule has 3 heteroatoms. The van der Waals surface area contributed by atoms with Gasteiger partial charge in [0, 0.05) is 0 Å². The van der Waals surface area contributed by atoms with E-state index in [1.807, 2.05) is 0 Å². The molecule has 37 heavy (non-hydrogen) atoms. The van der Waals surface area contributed by atoms with Crippen molar-refractivity contribution in [2.75, 3.05) is 0 Å². The first-order valence-corrected chi connectivity index (χ1v) is 23.2. The molecule has 0 aliphatic heterocycles. The van der Waals surface area contributed by atoms with Gasteiger partial charge in [0.25, 0.3) is 0 Å². The molecule has 2 aliphatic carbocycles. The summed E-state index contributed by atoms with van der Waals surface area (Å²) in [5.41, 5.74) is 11.6. The van der Waals surface area contributed by atoms with Crippen LogP contribution in [0.4, 0.5) is 0 Å². The van der Waals surface area contributed by atoms with E-state index in [2.05, 4.69) is 136 Å². The Morgan fingerprint density at radius 2 is 0.973 bits per heavy atom. The third kappa shape index (κ3) is 3.90. The second kappa shape index (κ2) is 9.53. The molecule has 0 N–H and O–H groups in total. The van der Waals surface area contributed by atoms with Crippen LogP contribution < -0.4 is 0 Å². The van der Waals surface area contributed by atoms with Crippen LogP contribution in [0.3, 0.4) is 0 Å². The van der Waals surface area contributed by atoms with E-state index in [4.69, 9.17) is 0 Å². The van der Waals surface area contributed by atoms with Gasteiger partial charge in [-0.05, 0) is 0 Å². The standard InChI is InChI=1S/2C16H13.C2H6Si.O.Zr/c2*1-12-10-14-8-5-9-15(16(14)11-12)13-6-3-2-4-7-13;1-3-2;;/h2*2-11H,1H3;1-2H3;;. The van der Waals surface area contributed by atoms with Crippen molar-refractivity contribution in [3.63, 3.8) is 0 Å². The molecule has 2 aliphatic rings. The quantitative estimate of drug-likeness (QED) is 0.222. The van der Waals surface area contributed by atoms with Crippen molar-refractivity contribution in [3.8, 4) is 22.3 Å². The van der Waals surface area contributed by atoms with E-state index in [0.29, 0.717) is 0 Å². The fourth-order valence-corrected chi connectivity index (χ4v) is 29.0. The Morgan fingerprint density at radius 1 is 0.568 bits per heavy atom. The van der Waals surface area contributed by atoms with Crippen LogP contribution in [0.15, 0.2) is 108 Å². The summed E-state index contributed by atoms with van der Waals surface area (Å²) in [7, 11) is 0. The number of benzene rings is 4. The Bertz CT molecular complexity index is 1580. The summed E-state index contributed by atoms with van der Waals surface area (Å²) in [5, 5.41) is 0. The monoisotopic (exact) mass is 574 g/mol. The van der Waals surface area contributed by atoms with E-state index < -0.39 is 24.3 Å². The normalized spacial score (nSPS) is 18.6. The molecule has 0 saturated carbocycles. The third-order valence-electron chi connectivity index (χ3n) is 8.37. The van der Waals surface area contributed by atoms with Crippen molar-refractivity contribution >= 4 is 17.6 Å². The Kier molecular flexibility index (Phi) is 6.33. The van der Waals surface area contributed by atoms with E-state index in [1.165, 1.54) is 55.7 Å². The van der Waals surface area contributed by atoms with Gasteiger partial charge in [0.1, 0.15) is 0 Å². The molecule has 0 heterocycles. The topological polar surface area (TPSA) is 17.1 Å². The van der Waals surface area contributed by atoms with E-state index >= 15 is 2.81 Å². The first-order valence-electron chi connectivity index (χ1n) is 13.2. The molecule has 1 nitrogen and oxygen atoms in total. The molecule has 0 radical (unpaired) electrons. The molecular formula is C34H32OSiZr. The van der Waals surface area contributed by atoms with Gasteiger partial charge in [-0.1, -0.05) is 0 Å². The molecule has 0 bridgehead atoms. The molecule has 0 amide bonds. The zero-order valence-electron chi connectivity index (χ0n) is 22.0. The number of fused-ring (bicyclic) bond motifs is 2. The zero-order valence-corrected chi connectivity index (χ0v) is 25.4. The molecule has 182 valence electrons. The van der Waals surface area contributed by atoms with Gasteiger partial charge in [-0.25, -0.2) is 0 Å². The summed E-state index contributed by atoms with van der Waals surface area (Å²) in [6.45, 7) is 9.07. The number of rotatable bonds is 4. The Morgan fingerprint density at radius 3 is 1.35 bits per heavy atom. The summed E-state index contributed by atoms with van der Waals surface area (Å²) in [6.07, 6.45) is 4.68. The van der Waals surface area contributed by atoms with Crippen molar-refractivity contribution in [1.29, 1.82) is 0 Å². The SMILES string of the molecule is CC1=Cc2c(-c3ccccc3)cccc2[CH]1[Zr](=[O])([CH]1C(C)=Cc2c(-c3ccccc3)cccc21)=[Si](C)C. The molecule has 0 spiro atoms. The predicted octanol–water partition coefficient (Wildman–Crippen LogP) is 9.39. The maximum absolute atomic E-state index is 15.8. The van der Waals surface area contributed by atoms with Crippen molar-refractivity contribution in [3.05, 3.63) is 130 Å². The summed E-state index contributed by atoms with van der Waals surface area (Å²) < 4.78 is 16.0. The fourth-order valence-electron chi connectivity index (χ4n) is 6.73. The second-order valence-corrected chi connectivity index (χ2v) is 31.5. The van der Waals surface area contributed by atoms with Gasteiger partial charge < -0.3 is 0 Å². The maximum atomic E-state index is 15.8. The van der Waals surface area contributed by atoms with E-state index in [-0.39, 0.29) is 7.25 Å². The molecule has 0 aromatic heterocycles. The number of hydrogen-bond acceptors (Lipinski definition) is 1. The van der Waals surface area contributed by atoms with Crippen LogP contribution in [-0.2, 0) is 21.7 Å². The van der Waals surface area contributed by atoms with Crippen LogP contribution in [0, 0.1) is 0 Å². The molecule has 0 saturated heterocycles. The molecule has 2 unspecified atom stereocenters. The summed E-state index contributed by atoms with van der Waals surface area (Å²) in [6, 6.07) is 34.5. The van der Waals surface area contributed by atoms with Crippen molar-refractivity contribution in [2.45, 2.75) is 34.2 Å². The minimum absolute atomic E-state index is 0.0662. The van der Waals surface area contributed by atoms with Crippen LogP contribution in [0.5, 0.6) is 0 Å². The van der Waals surface area contributed by atoms with Crippen LogP contribution in [0.2, 0.25) is 13.1 Å². The summed E-state index contributed by atoms with van der Waals surface area (Å²) >= 11 is -4.15. The molecule has 0 fully saturated rings. The number of hydrogen-bond donors (Lipinski definition) is 0. The van der Waals surface area contributed by atoms with Crippen molar-refractivity contribution in [2.24, 2.45) is 0 Å². The molecule has 6 rings (SSSR count). The Labute approximate surface area is 225 Å². The molecule has 4 aromatic rings. The summed E-state index contributed by atoms with van der Waals surface area (Å²) in [4.78, 5) is 0. The van der Waals surface area contributed by atoms with Crippen molar-refractivity contribution in [1.82, 2.24) is 0 Å². The van der Waals surface area contributed by atoms with Gasteiger partial charge in [-0.3, -0.25) is 0 Å². The first-order chi connectivity index (χ1) is 17.9. The second-order valence-electron chi connectivity index (χ2n) is 10.8. The molecule has 2 atom stereocenters. The fraction of sp³-hybridized carbons (Fsp3) is 0.176. The predicted molar refractivity (Wildman–Crippen MR) is 155 cm³/mol. The van der Waals surface area contributed by atoms with Gasteiger partial charge in [-0.15, -0.1) is 0 Å². The number of allylic oxidation sites excluding steroid dienone is 2. The van der Waals surface area contributed by atoms with Gasteiger partial charge >= 0.3 is 226 Å². The van der Waals surface area contributed by atoms with Gasteiger partial charge in [0.15, 0.2) is 0 Å². The van der Waals surface area contributed by atoms with E-state index in [0.717, 1.165) is 0 Å². The van der Waals surface area contributed by atoms with Crippen LogP contribution in [0.1, 0.15) is 43.4 Å². The minimum atomic E-state index is -4.15. The van der Waals surface area contributed by atoms with Crippen LogP contribution in [-0.4, -0.2) is 5.43 Å². The average molecular weight is 576 g/mol. The third-order valence-corrected chi connectivity index (χ3v) is 32.9. The van der Waals surface area contributed by atoms with Crippen LogP contribution in [0.25, 0.3) is 34.4 Å². The summed E-state index contributed by atoms with van der Waals surface area (Å²) in [5.74, 6) is 0. The average Bonchev–Trinajstić information content (AvgIpc) is 3.44. The first kappa shape index (κ1) is 24.6. The van der Waals surface area contributed by atoms with Gasteiger partial charge in [-0.2, -0.15) is 0 Å². The molecule has 4 aromatic carbocycles. The van der Waals surface area contributed by atoms with E-state index in [9.17, 15) is 0 Å². The van der Waals surface area contributed by atoms with Gasteiger partial charge in [0.05, 0.1) is 0 Å². The Hall–Kier alpha value is -2.74. The van der Waals surface area contributed by atoms with Gasteiger partial charge in [0.2, 0.25) is 0 Å². The Balaban J connectivity index is 1.54. The van der Waals surface area contributed by atoms with Crippen molar-refractivity contribution < 1.29 is 21.7 Å². The van der Waals surface area contributed by atoms with Crippen LogP contribution >= 0.6 is 0 Å². The molecular weight excluding hydrogens is 544 g/mol. The zero-order chi connectivity index (χ0) is 25.7.